The summed E-state index contributed by atoms with van der Waals surface area (Å²) in [6, 6.07) is 0.446. The van der Waals surface area contributed by atoms with Crippen LogP contribution in [0.25, 0.3) is 0 Å². The van der Waals surface area contributed by atoms with Gasteiger partial charge in [0.05, 0.1) is 0 Å². The zero-order valence-electron chi connectivity index (χ0n) is 6.38. The topological polar surface area (TPSA) is 56.0 Å². The molecule has 76 valence electrons. The van der Waals surface area contributed by atoms with Crippen LogP contribution in [0.3, 0.4) is 0 Å². The number of rotatable bonds is 2. The predicted molar refractivity (Wildman–Crippen MR) is 43.5 cm³/mol. The van der Waals surface area contributed by atoms with Crippen molar-refractivity contribution in [1.82, 2.24) is 4.98 Å². The second-order valence-corrected chi connectivity index (χ2v) is 3.02. The van der Waals surface area contributed by atoms with Crippen LogP contribution in [0, 0.1) is 15.9 Å². The minimum absolute atomic E-state index is 0.446. The van der Waals surface area contributed by atoms with E-state index in [1.165, 1.54) is 0 Å². The van der Waals surface area contributed by atoms with E-state index in [0.29, 0.717) is 6.07 Å². The molecule has 0 aliphatic rings. The van der Waals surface area contributed by atoms with Crippen molar-refractivity contribution in [3.05, 3.63) is 32.2 Å². The van der Waals surface area contributed by atoms with Crippen LogP contribution in [0.4, 0.5) is 19.0 Å². The summed E-state index contributed by atoms with van der Waals surface area (Å²) in [6.07, 6.45) is -3.05. The van der Waals surface area contributed by atoms with Crippen molar-refractivity contribution in [3.63, 3.8) is 0 Å². The van der Waals surface area contributed by atoms with Gasteiger partial charge >= 0.3 is 12.2 Å². The molecule has 0 saturated heterocycles. The lowest BCUT2D eigenvalue weighted by atomic mass is 10.3. The third-order valence-electron chi connectivity index (χ3n) is 1.31. The fourth-order valence-corrected chi connectivity index (χ4v) is 1.08. The molecule has 8 heteroatoms. The minimum atomic E-state index is -3.05. The Labute approximate surface area is 84.0 Å². The molecule has 0 bridgehead atoms. The van der Waals surface area contributed by atoms with Gasteiger partial charge in [0.15, 0.2) is 4.47 Å². The van der Waals surface area contributed by atoms with E-state index >= 15 is 0 Å². The van der Waals surface area contributed by atoms with Gasteiger partial charge in [-0.15, -0.1) is 0 Å². The number of aromatic nitrogens is 1. The van der Waals surface area contributed by atoms with Gasteiger partial charge in [0.1, 0.15) is 5.82 Å². The van der Waals surface area contributed by atoms with E-state index in [9.17, 15) is 23.3 Å². The first kappa shape index (κ1) is 10.9. The first-order chi connectivity index (χ1) is 6.43. The second-order valence-electron chi connectivity index (χ2n) is 2.22. The standard InChI is InChI=1S/C6H2BrF3N2O2/c7-4-2(8)1-3(5(9)10)11-6(4)12(13)14/h1,5H. The Kier molecular flexibility index (Phi) is 3.04. The van der Waals surface area contributed by atoms with E-state index in [-0.39, 0.29) is 0 Å². The molecule has 0 aliphatic heterocycles. The first-order valence-electron chi connectivity index (χ1n) is 3.22. The molecular formula is C6H2BrF3N2O2. The van der Waals surface area contributed by atoms with E-state index in [1.54, 1.807) is 0 Å². The van der Waals surface area contributed by atoms with Crippen LogP contribution in [0.1, 0.15) is 12.1 Å². The molecule has 1 rings (SSSR count). The maximum Gasteiger partial charge on any atom is 0.381 e. The highest BCUT2D eigenvalue weighted by molar-refractivity contribution is 9.10. The van der Waals surface area contributed by atoms with Crippen molar-refractivity contribution < 1.29 is 18.1 Å². The summed E-state index contributed by atoms with van der Waals surface area (Å²) in [4.78, 5) is 12.2. The molecule has 0 unspecified atom stereocenters. The van der Waals surface area contributed by atoms with Gasteiger partial charge in [-0.1, -0.05) is 0 Å². The van der Waals surface area contributed by atoms with Crippen molar-refractivity contribution >= 4 is 21.7 Å². The molecule has 1 aromatic rings. The highest BCUT2D eigenvalue weighted by atomic mass is 79.9. The number of hydrogen-bond donors (Lipinski definition) is 0. The van der Waals surface area contributed by atoms with Gasteiger partial charge in [0, 0.05) is 6.07 Å². The predicted octanol–water partition coefficient (Wildman–Crippen LogP) is 2.83. The van der Waals surface area contributed by atoms with Gasteiger partial charge in [-0.2, -0.15) is 0 Å². The number of halogens is 4. The summed E-state index contributed by atoms with van der Waals surface area (Å²) in [6.45, 7) is 0. The van der Waals surface area contributed by atoms with Crippen LogP contribution >= 0.6 is 15.9 Å². The van der Waals surface area contributed by atoms with Gasteiger partial charge in [-0.3, -0.25) is 0 Å². The van der Waals surface area contributed by atoms with Gasteiger partial charge in [0.2, 0.25) is 5.69 Å². The maximum atomic E-state index is 12.8. The molecule has 0 aromatic carbocycles. The van der Waals surface area contributed by atoms with Crippen molar-refractivity contribution in [2.45, 2.75) is 6.43 Å². The van der Waals surface area contributed by atoms with Crippen LogP contribution in [0.5, 0.6) is 0 Å². The fraction of sp³-hybridized carbons (Fsp3) is 0.167. The molecule has 0 amide bonds. The lowest BCUT2D eigenvalue weighted by Crippen LogP contribution is -2.00. The quantitative estimate of drug-likeness (QED) is 0.613. The Hall–Kier alpha value is -1.18. The smallest absolute Gasteiger partial charge is 0.358 e. The van der Waals surface area contributed by atoms with Gasteiger partial charge in [-0.05, 0) is 25.8 Å². The molecule has 0 aliphatic carbocycles. The largest absolute Gasteiger partial charge is 0.381 e. The van der Waals surface area contributed by atoms with Crippen LogP contribution in [-0.4, -0.2) is 9.91 Å². The van der Waals surface area contributed by atoms with E-state index in [0.717, 1.165) is 0 Å². The summed E-state index contributed by atoms with van der Waals surface area (Å²) in [5.41, 5.74) is -0.961. The second kappa shape index (κ2) is 3.91. The molecular weight excluding hydrogens is 269 g/mol. The van der Waals surface area contributed by atoms with E-state index in [2.05, 4.69) is 20.9 Å². The molecule has 0 N–H and O–H groups in total. The highest BCUT2D eigenvalue weighted by Crippen LogP contribution is 2.29. The van der Waals surface area contributed by atoms with Gasteiger partial charge in [-0.25, -0.2) is 13.2 Å². The number of nitro groups is 1. The Morgan fingerprint density at radius 2 is 2.14 bits per heavy atom. The Bertz CT molecular complexity index is 386. The maximum absolute atomic E-state index is 12.8. The minimum Gasteiger partial charge on any atom is -0.358 e. The molecule has 14 heavy (non-hydrogen) atoms. The van der Waals surface area contributed by atoms with Crippen LogP contribution in [-0.2, 0) is 0 Å². The number of pyridine rings is 1. The molecule has 0 radical (unpaired) electrons. The first-order valence-corrected chi connectivity index (χ1v) is 4.01. The normalized spacial score (nSPS) is 10.6. The highest BCUT2D eigenvalue weighted by Gasteiger charge is 2.25. The van der Waals surface area contributed by atoms with E-state index < -0.39 is 33.2 Å². The summed E-state index contributed by atoms with van der Waals surface area (Å²) in [5.74, 6) is -2.10. The molecule has 1 aromatic heterocycles. The van der Waals surface area contributed by atoms with Crippen molar-refractivity contribution in [3.8, 4) is 0 Å². The summed E-state index contributed by atoms with van der Waals surface area (Å²) in [5, 5.41) is 10.3. The molecule has 0 spiro atoms. The Balaban J connectivity index is 3.35. The van der Waals surface area contributed by atoms with E-state index in [4.69, 9.17) is 0 Å². The zero-order chi connectivity index (χ0) is 10.9. The third-order valence-corrected chi connectivity index (χ3v) is 2.05. The lowest BCUT2D eigenvalue weighted by Gasteiger charge is -1.99. The molecule has 0 fully saturated rings. The molecule has 0 atom stereocenters. The van der Waals surface area contributed by atoms with Crippen molar-refractivity contribution in [2.24, 2.45) is 0 Å². The van der Waals surface area contributed by atoms with Crippen LogP contribution in [0.2, 0.25) is 0 Å². The third kappa shape index (κ3) is 2.00. The average Bonchev–Trinajstić information content (AvgIpc) is 2.08. The van der Waals surface area contributed by atoms with Crippen LogP contribution < -0.4 is 0 Å². The van der Waals surface area contributed by atoms with Gasteiger partial charge < -0.3 is 10.1 Å². The average molecular weight is 271 g/mol. The number of hydrogen-bond acceptors (Lipinski definition) is 3. The SMILES string of the molecule is O=[N+]([O-])c1nc(C(F)F)cc(F)c1Br. The Morgan fingerprint density at radius 3 is 2.57 bits per heavy atom. The number of alkyl halides is 2. The molecule has 4 nitrogen and oxygen atoms in total. The van der Waals surface area contributed by atoms with Crippen molar-refractivity contribution in [2.75, 3.05) is 0 Å². The molecule has 0 saturated carbocycles. The Morgan fingerprint density at radius 1 is 1.57 bits per heavy atom. The summed E-state index contributed by atoms with van der Waals surface area (Å²) < 4.78 is 36.4. The zero-order valence-corrected chi connectivity index (χ0v) is 7.96. The monoisotopic (exact) mass is 270 g/mol. The summed E-state index contributed by atoms with van der Waals surface area (Å²) >= 11 is 2.54. The fourth-order valence-electron chi connectivity index (χ4n) is 0.736. The van der Waals surface area contributed by atoms with E-state index in [1.807, 2.05) is 0 Å². The molecule has 1 heterocycles. The lowest BCUT2D eigenvalue weighted by molar-refractivity contribution is -0.390. The summed E-state index contributed by atoms with van der Waals surface area (Å²) in [7, 11) is 0. The van der Waals surface area contributed by atoms with Crippen molar-refractivity contribution in [1.29, 1.82) is 0 Å². The van der Waals surface area contributed by atoms with Crippen LogP contribution in [0.15, 0.2) is 10.5 Å². The van der Waals surface area contributed by atoms with Gasteiger partial charge in [0.25, 0.3) is 0 Å². The number of nitrogens with zero attached hydrogens (tertiary/aromatic N) is 2.